The molecule has 3 rings (SSSR count). The molecule has 5 heteroatoms. The van der Waals surface area contributed by atoms with Crippen molar-refractivity contribution < 1.29 is 9.59 Å². The summed E-state index contributed by atoms with van der Waals surface area (Å²) in [5.41, 5.74) is 2.85. The number of nitrogens with one attached hydrogen (secondary N) is 3. The molecule has 1 aromatic carbocycles. The summed E-state index contributed by atoms with van der Waals surface area (Å²) >= 11 is 0. The monoisotopic (exact) mass is 259 g/mol. The zero-order valence-electron chi connectivity index (χ0n) is 10.7. The van der Waals surface area contributed by atoms with Crippen LogP contribution in [0.3, 0.4) is 0 Å². The summed E-state index contributed by atoms with van der Waals surface area (Å²) in [4.78, 5) is 23.4. The fourth-order valence-corrected chi connectivity index (χ4v) is 2.20. The zero-order valence-corrected chi connectivity index (χ0v) is 10.7. The molecule has 1 aromatic rings. The van der Waals surface area contributed by atoms with E-state index >= 15 is 0 Å². The van der Waals surface area contributed by atoms with Gasteiger partial charge in [0.1, 0.15) is 0 Å². The molecule has 3 N–H and O–H groups in total. The predicted octanol–water partition coefficient (Wildman–Crippen LogP) is 0.663. The summed E-state index contributed by atoms with van der Waals surface area (Å²) in [6.07, 6.45) is 3.10. The molecule has 0 aromatic heterocycles. The molecule has 0 unspecified atom stereocenters. The van der Waals surface area contributed by atoms with Gasteiger partial charge in [-0.3, -0.25) is 9.59 Å². The number of hydrogen-bond acceptors (Lipinski definition) is 3. The van der Waals surface area contributed by atoms with Crippen LogP contribution in [0.25, 0.3) is 0 Å². The highest BCUT2D eigenvalue weighted by Crippen LogP contribution is 2.23. The van der Waals surface area contributed by atoms with E-state index in [-0.39, 0.29) is 18.4 Å². The van der Waals surface area contributed by atoms with Crippen molar-refractivity contribution in [2.45, 2.75) is 25.3 Å². The number of hydrogen-bond donors (Lipinski definition) is 3. The van der Waals surface area contributed by atoms with Crippen LogP contribution in [0.4, 0.5) is 5.69 Å². The largest absolute Gasteiger partial charge is 0.384 e. The minimum atomic E-state index is -0.206. The Balaban J connectivity index is 1.56. The third-order valence-electron chi connectivity index (χ3n) is 3.43. The lowest BCUT2D eigenvalue weighted by Gasteiger charge is -2.07. The minimum Gasteiger partial charge on any atom is -0.384 e. The van der Waals surface area contributed by atoms with Crippen LogP contribution in [0.1, 0.15) is 28.8 Å². The molecule has 1 heterocycles. The fourth-order valence-electron chi connectivity index (χ4n) is 2.20. The highest BCUT2D eigenvalue weighted by molar-refractivity contribution is 5.97. The molecule has 19 heavy (non-hydrogen) atoms. The lowest BCUT2D eigenvalue weighted by Crippen LogP contribution is -2.37. The normalized spacial score (nSPS) is 16.4. The summed E-state index contributed by atoms with van der Waals surface area (Å²) in [6.45, 7) is 0.962. The second kappa shape index (κ2) is 4.91. The van der Waals surface area contributed by atoms with Gasteiger partial charge in [0, 0.05) is 23.8 Å². The maximum absolute atomic E-state index is 11.9. The molecule has 1 aliphatic heterocycles. The topological polar surface area (TPSA) is 70.2 Å². The van der Waals surface area contributed by atoms with Gasteiger partial charge in [0.25, 0.3) is 5.91 Å². The van der Waals surface area contributed by atoms with Gasteiger partial charge in [-0.05, 0) is 37.0 Å². The number of carbonyl (C=O) groups is 2. The van der Waals surface area contributed by atoms with Gasteiger partial charge < -0.3 is 16.0 Å². The van der Waals surface area contributed by atoms with Crippen molar-refractivity contribution in [2.75, 3.05) is 18.4 Å². The van der Waals surface area contributed by atoms with Crippen LogP contribution in [0.2, 0.25) is 0 Å². The molecule has 100 valence electrons. The number of benzene rings is 1. The number of carbonyl (C=O) groups excluding carboxylic acids is 2. The lowest BCUT2D eigenvalue weighted by molar-refractivity contribution is -0.120. The van der Waals surface area contributed by atoms with Gasteiger partial charge in [-0.15, -0.1) is 0 Å². The van der Waals surface area contributed by atoms with Gasteiger partial charge in [-0.25, -0.2) is 0 Å². The van der Waals surface area contributed by atoms with Crippen LogP contribution >= 0.6 is 0 Å². The van der Waals surface area contributed by atoms with Gasteiger partial charge in [0.2, 0.25) is 5.91 Å². The molecular formula is C14H17N3O2. The van der Waals surface area contributed by atoms with Crippen molar-refractivity contribution in [1.29, 1.82) is 0 Å². The van der Waals surface area contributed by atoms with E-state index in [9.17, 15) is 9.59 Å². The van der Waals surface area contributed by atoms with Gasteiger partial charge in [0.15, 0.2) is 0 Å². The number of amides is 2. The van der Waals surface area contributed by atoms with E-state index in [0.29, 0.717) is 11.6 Å². The smallest absolute Gasteiger partial charge is 0.251 e. The third kappa shape index (κ3) is 2.86. The molecule has 0 radical (unpaired) electrons. The first-order valence-corrected chi connectivity index (χ1v) is 6.67. The van der Waals surface area contributed by atoms with Gasteiger partial charge >= 0.3 is 0 Å². The number of anilines is 1. The van der Waals surface area contributed by atoms with E-state index < -0.39 is 0 Å². The Kier molecular flexibility index (Phi) is 3.11. The summed E-state index contributed by atoms with van der Waals surface area (Å²) in [6, 6.07) is 5.94. The van der Waals surface area contributed by atoms with Crippen LogP contribution in [-0.4, -0.2) is 30.9 Å². The molecule has 0 saturated heterocycles. The molecule has 0 bridgehead atoms. The van der Waals surface area contributed by atoms with E-state index in [2.05, 4.69) is 16.0 Å². The molecule has 5 nitrogen and oxygen atoms in total. The fraction of sp³-hybridized carbons (Fsp3) is 0.429. The molecule has 2 aliphatic rings. The van der Waals surface area contributed by atoms with Crippen molar-refractivity contribution in [3.05, 3.63) is 29.3 Å². The second-order valence-corrected chi connectivity index (χ2v) is 5.07. The average Bonchev–Trinajstić information content (AvgIpc) is 3.09. The standard InChI is InChI=1S/C14H17N3O2/c18-13(17-11-3-4-11)8-16-14(19)10-2-1-9-5-6-15-12(9)7-10/h1-2,7,11,15H,3-6,8H2,(H,16,19)(H,17,18). The number of rotatable bonds is 4. The van der Waals surface area contributed by atoms with Gasteiger partial charge in [-0.2, -0.15) is 0 Å². The Labute approximate surface area is 111 Å². The Morgan fingerprint density at radius 1 is 1.32 bits per heavy atom. The molecular weight excluding hydrogens is 242 g/mol. The van der Waals surface area contributed by atoms with Gasteiger partial charge in [-0.1, -0.05) is 6.07 Å². The van der Waals surface area contributed by atoms with Crippen LogP contribution < -0.4 is 16.0 Å². The van der Waals surface area contributed by atoms with Crippen LogP contribution in [0.15, 0.2) is 18.2 Å². The number of fused-ring (bicyclic) bond motifs is 1. The molecule has 1 fully saturated rings. The first kappa shape index (κ1) is 12.0. The summed E-state index contributed by atoms with van der Waals surface area (Å²) in [7, 11) is 0. The molecule has 2 amide bonds. The van der Waals surface area contributed by atoms with E-state index in [1.807, 2.05) is 12.1 Å². The lowest BCUT2D eigenvalue weighted by atomic mass is 10.1. The van der Waals surface area contributed by atoms with E-state index in [0.717, 1.165) is 31.5 Å². The van der Waals surface area contributed by atoms with E-state index in [1.54, 1.807) is 6.07 Å². The predicted molar refractivity (Wildman–Crippen MR) is 72.1 cm³/mol. The van der Waals surface area contributed by atoms with Crippen LogP contribution in [0.5, 0.6) is 0 Å². The van der Waals surface area contributed by atoms with Crippen molar-refractivity contribution in [2.24, 2.45) is 0 Å². The summed E-state index contributed by atoms with van der Waals surface area (Å²) < 4.78 is 0. The maximum atomic E-state index is 11.9. The zero-order chi connectivity index (χ0) is 13.2. The Morgan fingerprint density at radius 3 is 2.95 bits per heavy atom. The maximum Gasteiger partial charge on any atom is 0.251 e. The third-order valence-corrected chi connectivity index (χ3v) is 3.43. The average molecular weight is 259 g/mol. The molecule has 0 atom stereocenters. The van der Waals surface area contributed by atoms with Gasteiger partial charge in [0.05, 0.1) is 6.54 Å². The summed E-state index contributed by atoms with van der Waals surface area (Å²) in [5, 5.41) is 8.72. The van der Waals surface area contributed by atoms with Crippen molar-refractivity contribution in [3.8, 4) is 0 Å². The van der Waals surface area contributed by atoms with Crippen molar-refractivity contribution in [3.63, 3.8) is 0 Å². The first-order chi connectivity index (χ1) is 9.22. The highest BCUT2D eigenvalue weighted by Gasteiger charge is 2.23. The Morgan fingerprint density at radius 2 is 2.16 bits per heavy atom. The van der Waals surface area contributed by atoms with Crippen molar-refractivity contribution in [1.82, 2.24) is 10.6 Å². The SMILES string of the molecule is O=C(CNC(=O)c1ccc2c(c1)NCC2)NC1CC1. The second-order valence-electron chi connectivity index (χ2n) is 5.07. The molecule has 1 saturated carbocycles. The minimum absolute atomic E-state index is 0.0415. The molecule has 0 spiro atoms. The van der Waals surface area contributed by atoms with E-state index in [1.165, 1.54) is 5.56 Å². The Bertz CT molecular complexity index is 523. The van der Waals surface area contributed by atoms with Crippen LogP contribution in [0, 0.1) is 0 Å². The highest BCUT2D eigenvalue weighted by atomic mass is 16.2. The first-order valence-electron chi connectivity index (χ1n) is 6.67. The van der Waals surface area contributed by atoms with Crippen molar-refractivity contribution >= 4 is 17.5 Å². The summed E-state index contributed by atoms with van der Waals surface area (Å²) in [5.74, 6) is -0.322. The Hall–Kier alpha value is -2.04. The van der Waals surface area contributed by atoms with E-state index in [4.69, 9.17) is 0 Å². The quantitative estimate of drug-likeness (QED) is 0.744. The molecule has 1 aliphatic carbocycles. The van der Waals surface area contributed by atoms with Crippen LogP contribution in [-0.2, 0) is 11.2 Å².